The lowest BCUT2D eigenvalue weighted by Gasteiger charge is -2.11. The Labute approximate surface area is 189 Å². The van der Waals surface area contributed by atoms with Crippen molar-refractivity contribution in [1.82, 2.24) is 14.5 Å². The summed E-state index contributed by atoms with van der Waals surface area (Å²) in [4.78, 5) is 22.2. The van der Waals surface area contributed by atoms with E-state index in [2.05, 4.69) is 9.97 Å². The van der Waals surface area contributed by atoms with Crippen LogP contribution in [0.4, 0.5) is 0 Å². The molecule has 0 bridgehead atoms. The van der Waals surface area contributed by atoms with Crippen LogP contribution < -0.4 is 5.56 Å². The quantitative estimate of drug-likeness (QED) is 0.441. The number of hydrogen-bond donors (Lipinski definition) is 0. The fourth-order valence-corrected chi connectivity index (χ4v) is 4.66. The van der Waals surface area contributed by atoms with E-state index in [-0.39, 0.29) is 10.5 Å². The minimum absolute atomic E-state index is 0.236. The van der Waals surface area contributed by atoms with Crippen molar-refractivity contribution < 1.29 is 8.42 Å². The molecule has 0 aliphatic rings. The second-order valence-corrected chi connectivity index (χ2v) is 10.0. The number of rotatable bonds is 4. The molecule has 0 atom stereocenters. The number of pyridine rings is 1. The maximum Gasteiger partial charge on any atom is 0.259 e. The van der Waals surface area contributed by atoms with Crippen LogP contribution in [0.3, 0.4) is 0 Å². The van der Waals surface area contributed by atoms with Gasteiger partial charge in [-0.25, -0.2) is 18.4 Å². The number of halogens is 2. The van der Waals surface area contributed by atoms with Gasteiger partial charge in [-0.05, 0) is 35.9 Å². The highest BCUT2D eigenvalue weighted by atomic mass is 35.5. The largest absolute Gasteiger partial charge is 0.295 e. The monoisotopic (exact) mass is 473 g/mol. The first-order valence-electron chi connectivity index (χ1n) is 9.24. The van der Waals surface area contributed by atoms with Gasteiger partial charge in [0.2, 0.25) is 0 Å². The third-order valence-electron chi connectivity index (χ3n) is 4.92. The van der Waals surface area contributed by atoms with Crippen LogP contribution in [0.2, 0.25) is 10.0 Å². The topological polar surface area (TPSA) is 81.9 Å². The van der Waals surface area contributed by atoms with Crippen LogP contribution in [0.15, 0.2) is 64.4 Å². The van der Waals surface area contributed by atoms with Crippen LogP contribution in [0.5, 0.6) is 0 Å². The van der Waals surface area contributed by atoms with E-state index in [4.69, 9.17) is 23.2 Å². The van der Waals surface area contributed by atoms with Gasteiger partial charge < -0.3 is 0 Å². The fraction of sp³-hybridized carbons (Fsp3) is 0.136. The van der Waals surface area contributed by atoms with Crippen molar-refractivity contribution in [3.63, 3.8) is 0 Å². The Morgan fingerprint density at radius 3 is 2.39 bits per heavy atom. The van der Waals surface area contributed by atoms with Crippen LogP contribution in [0, 0.1) is 0 Å². The van der Waals surface area contributed by atoms with Crippen molar-refractivity contribution in [2.24, 2.45) is 7.05 Å². The molecule has 0 fully saturated rings. The summed E-state index contributed by atoms with van der Waals surface area (Å²) in [5.41, 5.74) is 1.76. The molecule has 0 N–H and O–H groups in total. The molecule has 31 heavy (non-hydrogen) atoms. The Morgan fingerprint density at radius 2 is 1.71 bits per heavy atom. The van der Waals surface area contributed by atoms with E-state index in [1.165, 1.54) is 4.57 Å². The molecule has 0 saturated carbocycles. The SMILES string of the molecule is Cn1c(=O)c(-c2c(Cl)cccc2Cl)cc2cnc(Cc3cccc(S(C)(=O)=O)c3)nc21. The first-order valence-corrected chi connectivity index (χ1v) is 11.9. The average Bonchev–Trinajstić information content (AvgIpc) is 2.71. The number of nitrogens with zero attached hydrogens (tertiary/aromatic N) is 3. The standard InChI is InChI=1S/C22H17Cl2N3O3S/c1-27-21-14(11-16(22(27)28)20-17(23)7-4-8-18(20)24)12-25-19(26-21)10-13-5-3-6-15(9-13)31(2,29)30/h3-9,11-12H,10H2,1-2H3. The third kappa shape index (κ3) is 4.21. The predicted octanol–water partition coefficient (Wildman–Crippen LogP) is 4.30. The zero-order valence-corrected chi connectivity index (χ0v) is 19.0. The molecule has 0 unspecified atom stereocenters. The number of fused-ring (bicyclic) bond motifs is 1. The van der Waals surface area contributed by atoms with Gasteiger partial charge in [0, 0.05) is 36.9 Å². The Kier molecular flexibility index (Phi) is 5.60. The van der Waals surface area contributed by atoms with E-state index < -0.39 is 9.84 Å². The summed E-state index contributed by atoms with van der Waals surface area (Å²) >= 11 is 12.6. The van der Waals surface area contributed by atoms with E-state index in [1.807, 2.05) is 6.07 Å². The van der Waals surface area contributed by atoms with E-state index in [1.54, 1.807) is 55.7 Å². The zero-order valence-electron chi connectivity index (χ0n) is 16.6. The Hall–Kier alpha value is -2.74. The molecule has 0 aliphatic carbocycles. The van der Waals surface area contributed by atoms with E-state index in [9.17, 15) is 13.2 Å². The maximum atomic E-state index is 13.0. The van der Waals surface area contributed by atoms with Gasteiger partial charge in [0.05, 0.1) is 20.5 Å². The van der Waals surface area contributed by atoms with Gasteiger partial charge in [-0.1, -0.05) is 41.4 Å². The van der Waals surface area contributed by atoms with E-state index >= 15 is 0 Å². The lowest BCUT2D eigenvalue weighted by molar-refractivity contribution is 0.601. The second-order valence-electron chi connectivity index (χ2n) is 7.18. The molecule has 2 aromatic carbocycles. The van der Waals surface area contributed by atoms with Gasteiger partial charge in [0.1, 0.15) is 11.5 Å². The minimum atomic E-state index is -3.31. The lowest BCUT2D eigenvalue weighted by atomic mass is 10.1. The molecule has 4 aromatic rings. The normalized spacial score (nSPS) is 11.7. The van der Waals surface area contributed by atoms with Crippen molar-refractivity contribution in [3.05, 3.63) is 86.5 Å². The van der Waals surface area contributed by atoms with Crippen LogP contribution in [0.25, 0.3) is 22.2 Å². The highest BCUT2D eigenvalue weighted by Crippen LogP contribution is 2.33. The Balaban J connectivity index is 1.80. The van der Waals surface area contributed by atoms with E-state index in [0.29, 0.717) is 44.5 Å². The molecule has 0 aliphatic heterocycles. The molecule has 2 heterocycles. The molecule has 0 spiro atoms. The lowest BCUT2D eigenvalue weighted by Crippen LogP contribution is -2.20. The summed E-state index contributed by atoms with van der Waals surface area (Å²) in [6, 6.07) is 13.4. The highest BCUT2D eigenvalue weighted by Gasteiger charge is 2.16. The van der Waals surface area contributed by atoms with Crippen LogP contribution in [-0.4, -0.2) is 29.2 Å². The van der Waals surface area contributed by atoms with Crippen LogP contribution in [0.1, 0.15) is 11.4 Å². The van der Waals surface area contributed by atoms with Crippen LogP contribution >= 0.6 is 23.2 Å². The number of aryl methyl sites for hydroxylation is 1. The molecule has 6 nitrogen and oxygen atoms in total. The summed E-state index contributed by atoms with van der Waals surface area (Å²) in [6.45, 7) is 0. The fourth-order valence-electron chi connectivity index (χ4n) is 3.37. The third-order valence-corrected chi connectivity index (χ3v) is 6.66. The second kappa shape index (κ2) is 8.07. The Morgan fingerprint density at radius 1 is 1.03 bits per heavy atom. The molecule has 0 amide bonds. The van der Waals surface area contributed by atoms with Gasteiger partial charge in [0.15, 0.2) is 9.84 Å². The first kappa shape index (κ1) is 21.5. The Bertz CT molecular complexity index is 1480. The van der Waals surface area contributed by atoms with Crippen molar-refractivity contribution in [1.29, 1.82) is 0 Å². The summed E-state index contributed by atoms with van der Waals surface area (Å²) in [5.74, 6) is 0.469. The van der Waals surface area contributed by atoms with Crippen molar-refractivity contribution in [2.45, 2.75) is 11.3 Å². The molecular formula is C22H17Cl2N3O3S. The molecule has 0 saturated heterocycles. The van der Waals surface area contributed by atoms with E-state index in [0.717, 1.165) is 11.8 Å². The van der Waals surface area contributed by atoms with Crippen LogP contribution in [-0.2, 0) is 23.3 Å². The minimum Gasteiger partial charge on any atom is -0.295 e. The van der Waals surface area contributed by atoms with Gasteiger partial charge in [0.25, 0.3) is 5.56 Å². The zero-order chi connectivity index (χ0) is 22.3. The summed E-state index contributed by atoms with van der Waals surface area (Å²) < 4.78 is 25.0. The highest BCUT2D eigenvalue weighted by molar-refractivity contribution is 7.90. The van der Waals surface area contributed by atoms with Crippen molar-refractivity contribution >= 4 is 44.1 Å². The van der Waals surface area contributed by atoms with Gasteiger partial charge in [-0.3, -0.25) is 9.36 Å². The van der Waals surface area contributed by atoms with Gasteiger partial charge >= 0.3 is 0 Å². The summed E-state index contributed by atoms with van der Waals surface area (Å²) in [7, 11) is -1.69. The molecule has 2 aromatic heterocycles. The number of aromatic nitrogens is 3. The predicted molar refractivity (Wildman–Crippen MR) is 123 cm³/mol. The maximum absolute atomic E-state index is 13.0. The summed E-state index contributed by atoms with van der Waals surface area (Å²) in [6.07, 6.45) is 3.12. The molecule has 0 radical (unpaired) electrons. The van der Waals surface area contributed by atoms with Gasteiger partial charge in [-0.15, -0.1) is 0 Å². The van der Waals surface area contributed by atoms with Gasteiger partial charge in [-0.2, -0.15) is 0 Å². The first-order chi connectivity index (χ1) is 14.6. The number of benzene rings is 2. The molecule has 9 heteroatoms. The smallest absolute Gasteiger partial charge is 0.259 e. The van der Waals surface area contributed by atoms with Crippen molar-refractivity contribution in [2.75, 3.05) is 6.26 Å². The molecule has 4 rings (SSSR count). The average molecular weight is 474 g/mol. The number of hydrogen-bond acceptors (Lipinski definition) is 5. The summed E-state index contributed by atoms with van der Waals surface area (Å²) in [5, 5.41) is 1.42. The molecule has 158 valence electrons. The molecular weight excluding hydrogens is 457 g/mol. The number of sulfone groups is 1. The van der Waals surface area contributed by atoms with Crippen molar-refractivity contribution in [3.8, 4) is 11.1 Å².